The van der Waals surface area contributed by atoms with Gasteiger partial charge >= 0.3 is 23.9 Å². The molecule has 0 N–H and O–H groups in total. The molecule has 0 amide bonds. The summed E-state index contributed by atoms with van der Waals surface area (Å²) in [5.74, 6) is -4.06. The van der Waals surface area contributed by atoms with E-state index in [4.69, 9.17) is 30.5 Å². The molecule has 32 heavy (non-hydrogen) atoms. The third-order valence-corrected chi connectivity index (χ3v) is 6.88. The summed E-state index contributed by atoms with van der Waals surface area (Å²) >= 11 is 5.90. The average Bonchev–Trinajstić information content (AvgIpc) is 3.12. The van der Waals surface area contributed by atoms with Crippen LogP contribution in [0, 0.1) is 17.8 Å². The lowest BCUT2D eigenvalue weighted by Gasteiger charge is -2.31. The second-order valence-corrected chi connectivity index (χ2v) is 8.99. The van der Waals surface area contributed by atoms with Gasteiger partial charge in [0.1, 0.15) is 18.3 Å². The summed E-state index contributed by atoms with van der Waals surface area (Å²) in [6, 6.07) is 0. The monoisotopic (exact) mass is 466 g/mol. The van der Waals surface area contributed by atoms with Crippen LogP contribution in [0.3, 0.4) is 0 Å². The smallest absolute Gasteiger partial charge is 0.351 e. The molecular formula is C23H27ClO8. The van der Waals surface area contributed by atoms with Crippen LogP contribution < -0.4 is 0 Å². The first-order valence-electron chi connectivity index (χ1n) is 10.3. The standard InChI is InChI=1S/C23H27ClO8/c1-10-7-17(30-22(28)23(6,9-24)32-14(5)26)19-12(3)21(27)31-20(19)18-11(2)16(8-15(10)18)29-13(4)25/h15-20H,1-3,7-9H2,4-6H3/t15-,16-,17-,18-,19+,20+,23+/m0/s1. The van der Waals surface area contributed by atoms with Gasteiger partial charge in [-0.3, -0.25) is 9.59 Å². The Morgan fingerprint density at radius 1 is 1.12 bits per heavy atom. The Hall–Kier alpha value is -2.61. The minimum Gasteiger partial charge on any atom is -0.458 e. The highest BCUT2D eigenvalue weighted by molar-refractivity contribution is 6.20. The van der Waals surface area contributed by atoms with Crippen molar-refractivity contribution >= 4 is 35.5 Å². The van der Waals surface area contributed by atoms with Crippen LogP contribution in [-0.2, 0) is 38.1 Å². The predicted molar refractivity (Wildman–Crippen MR) is 113 cm³/mol. The zero-order valence-electron chi connectivity index (χ0n) is 18.4. The van der Waals surface area contributed by atoms with Crippen LogP contribution in [0.5, 0.6) is 0 Å². The topological polar surface area (TPSA) is 105 Å². The van der Waals surface area contributed by atoms with Gasteiger partial charge in [0.2, 0.25) is 5.60 Å². The fourth-order valence-electron chi connectivity index (χ4n) is 4.88. The highest BCUT2D eigenvalue weighted by Gasteiger charge is 2.58. The molecule has 0 unspecified atom stereocenters. The molecule has 1 saturated heterocycles. The third-order valence-electron chi connectivity index (χ3n) is 6.37. The average molecular weight is 467 g/mol. The predicted octanol–water partition coefficient (Wildman–Crippen LogP) is 2.64. The number of halogens is 1. The lowest BCUT2D eigenvalue weighted by molar-refractivity contribution is -0.182. The molecule has 7 atom stereocenters. The molecule has 8 nitrogen and oxygen atoms in total. The first-order chi connectivity index (χ1) is 14.9. The van der Waals surface area contributed by atoms with Gasteiger partial charge in [-0.05, 0) is 24.8 Å². The van der Waals surface area contributed by atoms with Crippen LogP contribution in [-0.4, -0.2) is 53.7 Å². The maximum absolute atomic E-state index is 12.9. The van der Waals surface area contributed by atoms with Crippen molar-refractivity contribution in [3.8, 4) is 0 Å². The van der Waals surface area contributed by atoms with Crippen LogP contribution in [0.2, 0.25) is 0 Å². The van der Waals surface area contributed by atoms with Crippen molar-refractivity contribution in [2.45, 2.75) is 57.5 Å². The summed E-state index contributed by atoms with van der Waals surface area (Å²) in [5, 5.41) is 0. The second-order valence-electron chi connectivity index (χ2n) is 8.73. The van der Waals surface area contributed by atoms with E-state index < -0.39 is 53.7 Å². The summed E-state index contributed by atoms with van der Waals surface area (Å²) in [7, 11) is 0. The van der Waals surface area contributed by atoms with E-state index >= 15 is 0 Å². The normalized spacial score (nSPS) is 33.4. The van der Waals surface area contributed by atoms with Gasteiger partial charge in [-0.15, -0.1) is 11.6 Å². The SMILES string of the molecule is C=C1C(=O)O[C@@H]2[C@H]3C(=C)[C@@H](OC(C)=O)C[C@H]3C(=C)C[C@H](OC(=O)[C@@](C)(CCl)OC(C)=O)[C@@H]12. The van der Waals surface area contributed by atoms with Gasteiger partial charge in [0.25, 0.3) is 0 Å². The van der Waals surface area contributed by atoms with Crippen LogP contribution in [0.15, 0.2) is 36.5 Å². The van der Waals surface area contributed by atoms with Gasteiger partial charge in [0, 0.05) is 31.8 Å². The van der Waals surface area contributed by atoms with E-state index in [0.717, 1.165) is 5.57 Å². The number of rotatable bonds is 5. The van der Waals surface area contributed by atoms with Crippen molar-refractivity contribution in [2.75, 3.05) is 5.88 Å². The fourth-order valence-corrected chi connectivity index (χ4v) is 5.04. The molecule has 2 saturated carbocycles. The fraction of sp³-hybridized carbons (Fsp3) is 0.565. The molecule has 1 heterocycles. The molecule has 0 aromatic rings. The van der Waals surface area contributed by atoms with E-state index in [1.165, 1.54) is 20.8 Å². The lowest BCUT2D eigenvalue weighted by atomic mass is 9.81. The summed E-state index contributed by atoms with van der Waals surface area (Å²) in [6.07, 6.45) is -1.39. The molecule has 3 aliphatic rings. The largest absolute Gasteiger partial charge is 0.458 e. The van der Waals surface area contributed by atoms with Gasteiger partial charge < -0.3 is 18.9 Å². The molecule has 174 valence electrons. The molecule has 3 fully saturated rings. The van der Waals surface area contributed by atoms with Crippen molar-refractivity contribution in [2.24, 2.45) is 17.8 Å². The maximum atomic E-state index is 12.9. The Bertz CT molecular complexity index is 908. The Labute approximate surface area is 191 Å². The van der Waals surface area contributed by atoms with Gasteiger partial charge in [0.05, 0.1) is 11.8 Å². The van der Waals surface area contributed by atoms with Gasteiger partial charge in [0.15, 0.2) is 0 Å². The number of fused-ring (bicyclic) bond motifs is 3. The highest BCUT2D eigenvalue weighted by Crippen LogP contribution is 2.53. The summed E-state index contributed by atoms with van der Waals surface area (Å²) in [6.45, 7) is 16.0. The number of ether oxygens (including phenoxy) is 4. The highest BCUT2D eigenvalue weighted by atomic mass is 35.5. The maximum Gasteiger partial charge on any atom is 0.351 e. The number of hydrogen-bond donors (Lipinski definition) is 0. The molecule has 0 spiro atoms. The van der Waals surface area contributed by atoms with Gasteiger partial charge in [-0.1, -0.05) is 25.3 Å². The van der Waals surface area contributed by atoms with E-state index in [2.05, 4.69) is 19.7 Å². The molecule has 0 aromatic heterocycles. The molecular weight excluding hydrogens is 440 g/mol. The summed E-state index contributed by atoms with van der Waals surface area (Å²) in [4.78, 5) is 48.3. The molecule has 3 rings (SSSR count). The molecule has 9 heteroatoms. The van der Waals surface area contributed by atoms with Crippen molar-refractivity contribution in [3.63, 3.8) is 0 Å². The summed E-state index contributed by atoms with van der Waals surface area (Å²) in [5.41, 5.74) is -0.144. The Morgan fingerprint density at radius 3 is 2.34 bits per heavy atom. The van der Waals surface area contributed by atoms with E-state index in [9.17, 15) is 19.2 Å². The van der Waals surface area contributed by atoms with E-state index in [0.29, 0.717) is 12.0 Å². The second kappa shape index (κ2) is 8.73. The van der Waals surface area contributed by atoms with Crippen LogP contribution >= 0.6 is 11.6 Å². The van der Waals surface area contributed by atoms with Crippen molar-refractivity contribution in [1.29, 1.82) is 0 Å². The summed E-state index contributed by atoms with van der Waals surface area (Å²) < 4.78 is 21.9. The number of carbonyl (C=O) groups excluding carboxylic acids is 4. The van der Waals surface area contributed by atoms with E-state index in [1.807, 2.05) is 0 Å². The number of esters is 4. The first-order valence-corrected chi connectivity index (χ1v) is 10.8. The lowest BCUT2D eigenvalue weighted by Crippen LogP contribution is -2.46. The zero-order chi connectivity index (χ0) is 24.0. The number of carbonyl (C=O) groups is 4. The Balaban J connectivity index is 1.93. The van der Waals surface area contributed by atoms with E-state index in [-0.39, 0.29) is 29.7 Å². The minimum atomic E-state index is -1.69. The van der Waals surface area contributed by atoms with Crippen LogP contribution in [0.25, 0.3) is 0 Å². The van der Waals surface area contributed by atoms with Gasteiger partial charge in [-0.2, -0.15) is 0 Å². The first kappa shape index (κ1) is 24.0. The zero-order valence-corrected chi connectivity index (χ0v) is 19.1. The van der Waals surface area contributed by atoms with Crippen LogP contribution in [0.1, 0.15) is 33.6 Å². The molecule has 0 bridgehead atoms. The minimum absolute atomic E-state index is 0.171. The Morgan fingerprint density at radius 2 is 1.78 bits per heavy atom. The molecule has 0 radical (unpaired) electrons. The Kier molecular flexibility index (Phi) is 6.56. The molecule has 1 aliphatic heterocycles. The number of hydrogen-bond acceptors (Lipinski definition) is 8. The molecule has 2 aliphatic carbocycles. The van der Waals surface area contributed by atoms with Crippen molar-refractivity contribution in [1.82, 2.24) is 0 Å². The molecule has 0 aromatic carbocycles. The van der Waals surface area contributed by atoms with E-state index in [1.54, 1.807) is 0 Å². The third kappa shape index (κ3) is 4.20. The van der Waals surface area contributed by atoms with Gasteiger partial charge in [-0.25, -0.2) is 9.59 Å². The van der Waals surface area contributed by atoms with Crippen LogP contribution in [0.4, 0.5) is 0 Å². The van der Waals surface area contributed by atoms with Crippen molar-refractivity contribution < 1.29 is 38.1 Å². The quantitative estimate of drug-likeness (QED) is 0.200. The van der Waals surface area contributed by atoms with Crippen molar-refractivity contribution in [3.05, 3.63) is 36.5 Å². The number of alkyl halides is 1.